The van der Waals surface area contributed by atoms with Gasteiger partial charge in [-0.15, -0.1) is 11.3 Å². The molecule has 1 aromatic heterocycles. The minimum absolute atomic E-state index is 0.0303. The number of sulfonamides is 1. The van der Waals surface area contributed by atoms with Crippen molar-refractivity contribution in [3.8, 4) is 0 Å². The molecule has 5 nitrogen and oxygen atoms in total. The number of likely N-dealkylation sites (tertiary alicyclic amines) is 1. The Morgan fingerprint density at radius 1 is 1.17 bits per heavy atom. The lowest BCUT2D eigenvalue weighted by molar-refractivity contribution is -0.139. The minimum atomic E-state index is -3.38. The van der Waals surface area contributed by atoms with Gasteiger partial charge in [0.05, 0.1) is 0 Å². The zero-order valence-corrected chi connectivity index (χ0v) is 16.0. The van der Waals surface area contributed by atoms with Gasteiger partial charge in [0, 0.05) is 32.1 Å². The molecule has 0 unspecified atom stereocenters. The summed E-state index contributed by atoms with van der Waals surface area (Å²) >= 11 is 1.25. The van der Waals surface area contributed by atoms with Crippen molar-refractivity contribution in [1.82, 2.24) is 9.21 Å². The maximum absolute atomic E-state index is 12.8. The summed E-state index contributed by atoms with van der Waals surface area (Å²) in [4.78, 5) is 14.8. The molecule has 0 bridgehead atoms. The number of nitrogens with zero attached hydrogens (tertiary/aromatic N) is 2. The van der Waals surface area contributed by atoms with Crippen LogP contribution in [0, 0.1) is 17.8 Å². The van der Waals surface area contributed by atoms with Crippen LogP contribution in [-0.4, -0.2) is 49.7 Å². The number of rotatable bonds is 3. The second-order valence-electron chi connectivity index (χ2n) is 7.30. The lowest BCUT2D eigenvalue weighted by Crippen LogP contribution is -2.48. The van der Waals surface area contributed by atoms with Crippen molar-refractivity contribution >= 4 is 27.3 Å². The molecule has 7 heteroatoms. The van der Waals surface area contributed by atoms with Crippen LogP contribution in [0.5, 0.6) is 0 Å². The number of amides is 1. The predicted molar refractivity (Wildman–Crippen MR) is 95.3 cm³/mol. The highest BCUT2D eigenvalue weighted by atomic mass is 32.2. The van der Waals surface area contributed by atoms with Gasteiger partial charge in [-0.2, -0.15) is 4.31 Å². The molecule has 2 aliphatic rings. The Balaban J connectivity index is 1.60. The van der Waals surface area contributed by atoms with Crippen molar-refractivity contribution in [2.75, 3.05) is 26.2 Å². The Labute approximate surface area is 148 Å². The third-order valence-corrected chi connectivity index (χ3v) is 8.34. The van der Waals surface area contributed by atoms with Gasteiger partial charge < -0.3 is 4.90 Å². The van der Waals surface area contributed by atoms with Crippen LogP contribution in [0.3, 0.4) is 0 Å². The first-order chi connectivity index (χ1) is 11.4. The van der Waals surface area contributed by atoms with E-state index in [4.69, 9.17) is 0 Å². The first kappa shape index (κ1) is 17.9. The number of piperidine rings is 2. The summed E-state index contributed by atoms with van der Waals surface area (Å²) in [6, 6.07) is 3.40. The lowest BCUT2D eigenvalue weighted by atomic mass is 9.89. The summed E-state index contributed by atoms with van der Waals surface area (Å²) < 4.78 is 27.0. The molecule has 0 N–H and O–H groups in total. The molecular weight excluding hydrogens is 344 g/mol. The van der Waals surface area contributed by atoms with Crippen LogP contribution in [0.4, 0.5) is 0 Å². The summed E-state index contributed by atoms with van der Waals surface area (Å²) in [5.41, 5.74) is 0. The van der Waals surface area contributed by atoms with Gasteiger partial charge in [-0.05, 0) is 42.5 Å². The van der Waals surface area contributed by atoms with Crippen molar-refractivity contribution in [2.45, 2.75) is 37.3 Å². The zero-order chi connectivity index (χ0) is 17.3. The van der Waals surface area contributed by atoms with Gasteiger partial charge in [0.25, 0.3) is 10.0 Å². The number of carbonyl (C=O) groups is 1. The molecule has 3 heterocycles. The molecule has 24 heavy (non-hydrogen) atoms. The Bertz CT molecular complexity index is 654. The molecule has 134 valence electrons. The number of hydrogen-bond acceptors (Lipinski definition) is 4. The molecule has 0 aliphatic carbocycles. The van der Waals surface area contributed by atoms with E-state index in [0.29, 0.717) is 42.0 Å². The minimum Gasteiger partial charge on any atom is -0.342 e. The van der Waals surface area contributed by atoms with Crippen LogP contribution in [0.1, 0.15) is 33.1 Å². The maximum atomic E-state index is 12.8. The summed E-state index contributed by atoms with van der Waals surface area (Å²) in [5, 5.41) is 1.78. The van der Waals surface area contributed by atoms with Crippen LogP contribution in [-0.2, 0) is 14.8 Å². The fourth-order valence-electron chi connectivity index (χ4n) is 3.98. The van der Waals surface area contributed by atoms with Crippen LogP contribution >= 0.6 is 11.3 Å². The normalized spacial score (nSPS) is 27.3. The first-order valence-corrected chi connectivity index (χ1v) is 11.0. The lowest BCUT2D eigenvalue weighted by Gasteiger charge is -2.38. The van der Waals surface area contributed by atoms with Crippen molar-refractivity contribution in [1.29, 1.82) is 0 Å². The average molecular weight is 371 g/mol. The van der Waals surface area contributed by atoms with Gasteiger partial charge >= 0.3 is 0 Å². The summed E-state index contributed by atoms with van der Waals surface area (Å²) in [6.45, 7) is 6.97. The van der Waals surface area contributed by atoms with E-state index in [9.17, 15) is 13.2 Å². The second kappa shape index (κ2) is 7.14. The topological polar surface area (TPSA) is 57.7 Å². The molecule has 2 atom stereocenters. The number of hydrogen-bond donors (Lipinski definition) is 0. The van der Waals surface area contributed by atoms with E-state index in [0.717, 1.165) is 13.1 Å². The van der Waals surface area contributed by atoms with Crippen molar-refractivity contribution in [3.05, 3.63) is 17.5 Å². The van der Waals surface area contributed by atoms with Gasteiger partial charge in [-0.1, -0.05) is 19.9 Å². The van der Waals surface area contributed by atoms with E-state index in [-0.39, 0.29) is 11.8 Å². The SMILES string of the molecule is C[C@@H]1C[C@@H](C)CN(C(=O)C2CCN(S(=O)(=O)c3cccs3)CC2)C1. The second-order valence-corrected chi connectivity index (χ2v) is 10.4. The maximum Gasteiger partial charge on any atom is 0.252 e. The quantitative estimate of drug-likeness (QED) is 0.822. The summed E-state index contributed by atoms with van der Waals surface area (Å²) in [5.74, 6) is 1.30. The van der Waals surface area contributed by atoms with E-state index in [1.807, 2.05) is 4.90 Å². The van der Waals surface area contributed by atoms with Gasteiger partial charge in [0.15, 0.2) is 0 Å². The van der Waals surface area contributed by atoms with E-state index < -0.39 is 10.0 Å². The highest BCUT2D eigenvalue weighted by Crippen LogP contribution is 2.29. The Morgan fingerprint density at radius 2 is 1.79 bits per heavy atom. The van der Waals surface area contributed by atoms with Crippen molar-refractivity contribution in [3.63, 3.8) is 0 Å². The summed E-state index contributed by atoms with van der Waals surface area (Å²) in [7, 11) is -3.38. The molecule has 2 saturated heterocycles. The van der Waals surface area contributed by atoms with Crippen LogP contribution < -0.4 is 0 Å². The van der Waals surface area contributed by atoms with Crippen LogP contribution in [0.25, 0.3) is 0 Å². The third-order valence-electron chi connectivity index (χ3n) is 5.07. The zero-order valence-electron chi connectivity index (χ0n) is 14.3. The largest absolute Gasteiger partial charge is 0.342 e. The molecule has 1 aromatic rings. The van der Waals surface area contributed by atoms with E-state index >= 15 is 0 Å². The van der Waals surface area contributed by atoms with Crippen molar-refractivity contribution < 1.29 is 13.2 Å². The fraction of sp³-hybridized carbons (Fsp3) is 0.706. The molecule has 2 aliphatic heterocycles. The predicted octanol–water partition coefficient (Wildman–Crippen LogP) is 2.65. The summed E-state index contributed by atoms with van der Waals surface area (Å²) in [6.07, 6.45) is 2.44. The highest BCUT2D eigenvalue weighted by Gasteiger charge is 2.35. The molecule has 0 radical (unpaired) electrons. The molecule has 0 spiro atoms. The van der Waals surface area contributed by atoms with E-state index in [1.54, 1.807) is 17.5 Å². The molecule has 2 fully saturated rings. The number of carbonyl (C=O) groups excluding carboxylic acids is 1. The monoisotopic (exact) mass is 370 g/mol. The Hall–Kier alpha value is -0.920. The third kappa shape index (κ3) is 3.68. The first-order valence-electron chi connectivity index (χ1n) is 8.70. The van der Waals surface area contributed by atoms with E-state index in [2.05, 4.69) is 13.8 Å². The van der Waals surface area contributed by atoms with Crippen LogP contribution in [0.2, 0.25) is 0 Å². The fourth-order valence-corrected chi connectivity index (χ4v) is 6.60. The van der Waals surface area contributed by atoms with E-state index in [1.165, 1.54) is 22.1 Å². The molecule has 0 saturated carbocycles. The Kier molecular flexibility index (Phi) is 5.32. The average Bonchev–Trinajstić information content (AvgIpc) is 3.08. The van der Waals surface area contributed by atoms with Gasteiger partial charge in [-0.3, -0.25) is 4.79 Å². The number of thiophene rings is 1. The molecule has 0 aromatic carbocycles. The van der Waals surface area contributed by atoms with Gasteiger partial charge in [0.2, 0.25) is 5.91 Å². The standard InChI is InChI=1S/C17H26N2O3S2/c1-13-10-14(2)12-18(11-13)17(20)15-5-7-19(8-6-15)24(21,22)16-4-3-9-23-16/h3-4,9,13-15H,5-8,10-12H2,1-2H3/t13-,14-/m1/s1. The highest BCUT2D eigenvalue weighted by molar-refractivity contribution is 7.91. The van der Waals surface area contributed by atoms with Crippen LogP contribution in [0.15, 0.2) is 21.7 Å². The molecule has 3 rings (SSSR count). The Morgan fingerprint density at radius 3 is 2.33 bits per heavy atom. The van der Waals surface area contributed by atoms with Gasteiger partial charge in [-0.25, -0.2) is 8.42 Å². The van der Waals surface area contributed by atoms with Crippen molar-refractivity contribution in [2.24, 2.45) is 17.8 Å². The molecule has 1 amide bonds. The molecular formula is C17H26N2O3S2. The van der Waals surface area contributed by atoms with Gasteiger partial charge in [0.1, 0.15) is 4.21 Å². The smallest absolute Gasteiger partial charge is 0.252 e.